The topological polar surface area (TPSA) is 321 Å². The van der Waals surface area contributed by atoms with Crippen LogP contribution in [-0.4, -0.2) is 207 Å². The number of rotatable bonds is 35. The lowest BCUT2D eigenvalue weighted by Crippen LogP contribution is -2.38. The summed E-state index contributed by atoms with van der Waals surface area (Å²) in [4.78, 5) is 88.8. The fraction of sp³-hybridized carbons (Fsp3) is 0.702. The number of hydrogen-bond acceptors (Lipinski definition) is 19. The maximum Gasteiger partial charge on any atom is 0.405 e. The quantitative estimate of drug-likeness (QED) is 0.0196. The average molecular weight is 1180 g/mol. The van der Waals surface area contributed by atoms with Crippen LogP contribution in [0.5, 0.6) is 0 Å². The molecule has 3 heterocycles. The van der Waals surface area contributed by atoms with Crippen LogP contribution in [0.15, 0.2) is 58.5 Å². The number of methoxy groups -OCH3 is 2. The number of thioether (sulfide) groups is 1. The van der Waals surface area contributed by atoms with E-state index in [0.29, 0.717) is 129 Å². The van der Waals surface area contributed by atoms with E-state index < -0.39 is 53.9 Å². The van der Waals surface area contributed by atoms with Crippen molar-refractivity contribution in [1.82, 2.24) is 31.9 Å². The predicted octanol–water partition coefficient (Wildman–Crippen LogP) is 2.58. The lowest BCUT2D eigenvalue weighted by Gasteiger charge is -2.30. The molecule has 2 saturated heterocycles. The number of ketones is 2. The third kappa shape index (κ3) is 25.7. The summed E-state index contributed by atoms with van der Waals surface area (Å²) in [6.07, 6.45) is 8.00. The molecule has 2 bridgehead atoms. The van der Waals surface area contributed by atoms with E-state index in [1.54, 1.807) is 39.0 Å². The Morgan fingerprint density at radius 2 is 1.38 bits per heavy atom. The molecule has 9 atom stereocenters. The fourth-order valence-electron chi connectivity index (χ4n) is 9.53. The van der Waals surface area contributed by atoms with Gasteiger partial charge >= 0.3 is 12.1 Å². The number of carbonyl (C=O) groups is 7. The lowest BCUT2D eigenvalue weighted by molar-refractivity contribution is -0.122. The number of ether oxygens (including phenoxy) is 9. The maximum absolute atomic E-state index is 14.0. The number of fused-ring (bicyclic) bond motifs is 3. The number of nitrogens with one attached hydrogen (secondary N) is 6. The summed E-state index contributed by atoms with van der Waals surface area (Å²) in [6.45, 7) is 12.6. The Morgan fingerprint density at radius 1 is 0.756 bits per heavy atom. The van der Waals surface area contributed by atoms with Gasteiger partial charge in [-0.15, -0.1) is 0 Å². The van der Waals surface area contributed by atoms with Crippen LogP contribution in [0.1, 0.15) is 85.5 Å². The van der Waals surface area contributed by atoms with Crippen molar-refractivity contribution in [3.8, 4) is 0 Å². The van der Waals surface area contributed by atoms with Crippen LogP contribution in [0.2, 0.25) is 0 Å². The van der Waals surface area contributed by atoms with Gasteiger partial charge < -0.3 is 85.4 Å². The second-order valence-electron chi connectivity index (χ2n) is 20.6. The number of allylic oxidation sites excluding steroid dienone is 4. The standard InChI is InChI=1S/C57H91N7O17S/c1-37-32-41-50(44(65)35-42(53(41)69)62-55(70)38(2)12-9-13-45(73-5)54(81-56(58)71)40(4)34-39(3)52(68)46(33-37)74-6)61-18-11-21-76-25-24-75-20-10-17-59-49(67)16-22-77-26-28-79-30-31-80-29-27-78-23-19-60-48(66)15-8-7-14-47-51-43(36-82-47)63-57(72)64-51/h9,12-13,34-35,37,39,43,45-47,51-52,54,61,68H,7-8,10-11,14-33,36H2,1-6H3,(H2,58,71)(H,59,67)(H,60,66)(H,62,70)(H2,63,64,72)/b13-9-,38-12+,40-34+/t37-,39+,43?,45?,46+,47+,51?,52-,54+/m0/s1. The van der Waals surface area contributed by atoms with E-state index in [1.807, 2.05) is 18.7 Å². The molecule has 3 unspecified atom stereocenters. The second-order valence-corrected chi connectivity index (χ2v) is 21.8. The highest BCUT2D eigenvalue weighted by molar-refractivity contribution is 8.00. The Bertz CT molecular complexity index is 2210. The van der Waals surface area contributed by atoms with E-state index in [4.69, 9.17) is 48.4 Å². The third-order valence-corrected chi connectivity index (χ3v) is 15.5. The predicted molar refractivity (Wildman–Crippen MR) is 306 cm³/mol. The third-order valence-electron chi connectivity index (χ3n) is 14.0. The first-order chi connectivity index (χ1) is 39.5. The molecule has 0 aromatic heterocycles. The molecule has 0 radical (unpaired) electrons. The summed E-state index contributed by atoms with van der Waals surface area (Å²) in [6, 6.07) is 0.337. The van der Waals surface area contributed by atoms with Gasteiger partial charge in [-0.2, -0.15) is 11.8 Å². The van der Waals surface area contributed by atoms with Gasteiger partial charge in [0.2, 0.25) is 23.4 Å². The van der Waals surface area contributed by atoms with E-state index in [2.05, 4.69) is 31.9 Å². The van der Waals surface area contributed by atoms with Crippen LogP contribution < -0.4 is 37.6 Å². The van der Waals surface area contributed by atoms with Gasteiger partial charge in [0.1, 0.15) is 6.10 Å². The molecule has 24 nitrogen and oxygen atoms in total. The van der Waals surface area contributed by atoms with Crippen molar-refractivity contribution < 1.29 is 81.3 Å². The first-order valence-electron chi connectivity index (χ1n) is 28.5. The van der Waals surface area contributed by atoms with E-state index in [0.717, 1.165) is 31.1 Å². The average Bonchev–Trinajstić information content (AvgIpc) is 3.74. The molecule has 462 valence electrons. The van der Waals surface area contributed by atoms with Crippen molar-refractivity contribution in [3.05, 3.63) is 58.5 Å². The van der Waals surface area contributed by atoms with Crippen LogP contribution in [0.4, 0.5) is 9.59 Å². The van der Waals surface area contributed by atoms with Gasteiger partial charge in [0.25, 0.3) is 5.91 Å². The molecule has 0 spiro atoms. The minimum Gasteiger partial charge on any atom is -0.439 e. The second kappa shape index (κ2) is 39.3. The molecule has 0 aromatic carbocycles. The van der Waals surface area contributed by atoms with Gasteiger partial charge in [-0.1, -0.05) is 44.6 Å². The lowest BCUT2D eigenvalue weighted by atomic mass is 9.85. The Balaban J connectivity index is 1.01. The molecule has 4 rings (SSSR count). The number of Topliss-reactive ketones (excluding diaryl/α,β-unsaturated/α-hetero) is 1. The van der Waals surface area contributed by atoms with Crippen molar-refractivity contribution in [2.75, 3.05) is 119 Å². The van der Waals surface area contributed by atoms with Gasteiger partial charge in [0.15, 0.2) is 6.10 Å². The number of amides is 6. The zero-order valence-electron chi connectivity index (χ0n) is 48.7. The molecule has 0 saturated carbocycles. The van der Waals surface area contributed by atoms with Gasteiger partial charge in [0.05, 0.1) is 102 Å². The van der Waals surface area contributed by atoms with Crippen molar-refractivity contribution >= 4 is 53.2 Å². The van der Waals surface area contributed by atoms with Gasteiger partial charge in [-0.3, -0.25) is 24.0 Å². The Kier molecular flexibility index (Phi) is 33.2. The maximum atomic E-state index is 14.0. The first-order valence-corrected chi connectivity index (χ1v) is 29.6. The highest BCUT2D eigenvalue weighted by Crippen LogP contribution is 2.33. The molecule has 1 aliphatic carbocycles. The minimum absolute atomic E-state index is 0.0129. The number of hydrogen-bond donors (Lipinski definition) is 8. The molecule has 2 fully saturated rings. The number of urea groups is 1. The number of aliphatic hydroxyl groups excluding tert-OH is 1. The normalized spacial score (nSPS) is 26.1. The molecule has 9 N–H and O–H groups in total. The molecule has 82 heavy (non-hydrogen) atoms. The number of carbonyl (C=O) groups excluding carboxylic acids is 7. The van der Waals surface area contributed by atoms with Crippen molar-refractivity contribution in [1.29, 1.82) is 0 Å². The highest BCUT2D eigenvalue weighted by Gasteiger charge is 2.42. The number of aliphatic hydroxyl groups is 1. The monoisotopic (exact) mass is 1180 g/mol. The summed E-state index contributed by atoms with van der Waals surface area (Å²) in [7, 11) is 2.91. The number of nitrogens with two attached hydrogens (primary N) is 1. The molecule has 4 aliphatic rings. The van der Waals surface area contributed by atoms with Crippen LogP contribution in [0.25, 0.3) is 0 Å². The van der Waals surface area contributed by atoms with E-state index >= 15 is 0 Å². The van der Waals surface area contributed by atoms with Gasteiger partial charge in [-0.05, 0) is 63.9 Å². The van der Waals surface area contributed by atoms with E-state index in [1.165, 1.54) is 20.3 Å². The molecular weight excluding hydrogens is 1090 g/mol. The molecule has 6 amide bonds. The zero-order chi connectivity index (χ0) is 59.7. The molecule has 0 aromatic rings. The van der Waals surface area contributed by atoms with Crippen LogP contribution in [0, 0.1) is 11.8 Å². The Morgan fingerprint density at radius 3 is 2.04 bits per heavy atom. The molecule has 3 aliphatic heterocycles. The summed E-state index contributed by atoms with van der Waals surface area (Å²) in [5, 5.41) is 29.3. The Labute approximate surface area is 486 Å². The van der Waals surface area contributed by atoms with E-state index in [9.17, 15) is 38.7 Å². The highest BCUT2D eigenvalue weighted by atomic mass is 32.2. The minimum atomic E-state index is -1.02. The van der Waals surface area contributed by atoms with Crippen LogP contribution in [-0.2, 0) is 66.6 Å². The molecule has 25 heteroatoms. The summed E-state index contributed by atoms with van der Waals surface area (Å²) in [5.74, 6) is -1.53. The van der Waals surface area contributed by atoms with Crippen LogP contribution in [0.3, 0.4) is 0 Å². The number of primary amides is 1. The van der Waals surface area contributed by atoms with Crippen molar-refractivity contribution in [3.63, 3.8) is 0 Å². The largest absolute Gasteiger partial charge is 0.439 e. The zero-order valence-corrected chi connectivity index (χ0v) is 49.5. The number of unbranched alkanes of at least 4 members (excludes halogenated alkanes) is 1. The van der Waals surface area contributed by atoms with Crippen molar-refractivity contribution in [2.24, 2.45) is 17.6 Å². The smallest absolute Gasteiger partial charge is 0.405 e. The summed E-state index contributed by atoms with van der Waals surface area (Å²) >= 11 is 1.88. The fourth-order valence-corrected chi connectivity index (χ4v) is 11.1. The SMILES string of the molecule is COC1/C=C\C=C(/C)C(=O)NC2=CC(=O)C(NCCCOCCOCCCNC(=O)CCOCCOCCOCCOCCNC(=O)CCCC[C@H]3SCC4NC(=O)NC43)=C(C[C@H](C)C[C@@H](OC)[C@@H](O)[C@H](C)/C=C(\C)[C@H]1OC(N)=O)C2=O. The van der Waals surface area contributed by atoms with Crippen molar-refractivity contribution in [2.45, 2.75) is 127 Å². The summed E-state index contributed by atoms with van der Waals surface area (Å²) < 4.78 is 50.2. The Hall–Kier alpha value is -5.22. The molecular formula is C57H91N7O17S. The van der Waals surface area contributed by atoms with Gasteiger partial charge in [-0.25, -0.2) is 9.59 Å². The van der Waals surface area contributed by atoms with Gasteiger partial charge in [0, 0.05) is 94.1 Å². The first kappa shape index (κ1) is 69.3. The van der Waals surface area contributed by atoms with E-state index in [-0.39, 0.29) is 77.8 Å². The van der Waals surface area contributed by atoms with Crippen LogP contribution >= 0.6 is 11.8 Å². The summed E-state index contributed by atoms with van der Waals surface area (Å²) in [5.41, 5.74) is 6.35.